The Morgan fingerprint density at radius 1 is 1.24 bits per heavy atom. The van der Waals surface area contributed by atoms with Gasteiger partial charge >= 0.3 is 0 Å². The third-order valence-electron chi connectivity index (χ3n) is 3.00. The molecule has 0 heterocycles. The highest BCUT2D eigenvalue weighted by molar-refractivity contribution is 7.99. The molecule has 0 radical (unpaired) electrons. The second-order valence-electron chi connectivity index (χ2n) is 4.62. The van der Waals surface area contributed by atoms with Crippen molar-refractivity contribution in [2.75, 3.05) is 26.4 Å². The summed E-state index contributed by atoms with van der Waals surface area (Å²) < 4.78 is 0. The molecular formula is C14H24N2S. The highest BCUT2D eigenvalue weighted by Crippen LogP contribution is 2.28. The van der Waals surface area contributed by atoms with E-state index in [1.807, 2.05) is 11.8 Å². The van der Waals surface area contributed by atoms with E-state index in [0.717, 1.165) is 5.75 Å². The smallest absolute Gasteiger partial charge is 0.0379 e. The normalized spacial score (nSPS) is 14.9. The number of benzene rings is 1. The summed E-state index contributed by atoms with van der Waals surface area (Å²) in [5.74, 6) is 1.59. The van der Waals surface area contributed by atoms with Crippen molar-refractivity contribution in [2.24, 2.45) is 11.7 Å². The number of rotatable bonds is 6. The topological polar surface area (TPSA) is 29.3 Å². The SMILES string of the molecule is CCSc1ccc(C(C(C)CN)N(C)C)cc1. The number of nitrogens with zero attached hydrogens (tertiary/aromatic N) is 1. The minimum absolute atomic E-state index is 0.403. The molecule has 1 rings (SSSR count). The van der Waals surface area contributed by atoms with E-state index >= 15 is 0 Å². The molecule has 1 aromatic rings. The second-order valence-corrected chi connectivity index (χ2v) is 5.96. The molecule has 0 spiro atoms. The average molecular weight is 252 g/mol. The van der Waals surface area contributed by atoms with E-state index < -0.39 is 0 Å². The van der Waals surface area contributed by atoms with E-state index in [1.54, 1.807) is 0 Å². The first-order valence-corrected chi connectivity index (χ1v) is 7.18. The molecule has 0 aliphatic rings. The van der Waals surface area contributed by atoms with Gasteiger partial charge in [-0.25, -0.2) is 0 Å². The molecule has 0 saturated heterocycles. The number of hydrogen-bond acceptors (Lipinski definition) is 3. The van der Waals surface area contributed by atoms with Crippen molar-refractivity contribution >= 4 is 11.8 Å². The lowest BCUT2D eigenvalue weighted by Crippen LogP contribution is -2.30. The van der Waals surface area contributed by atoms with Crippen LogP contribution in [0.15, 0.2) is 29.2 Å². The molecule has 0 amide bonds. The summed E-state index contributed by atoms with van der Waals surface area (Å²) in [4.78, 5) is 3.59. The van der Waals surface area contributed by atoms with Gasteiger partial charge in [0.15, 0.2) is 0 Å². The van der Waals surface area contributed by atoms with E-state index in [2.05, 4.69) is 57.1 Å². The summed E-state index contributed by atoms with van der Waals surface area (Å²) in [7, 11) is 4.23. The molecule has 0 aromatic heterocycles. The third kappa shape index (κ3) is 4.02. The molecule has 2 atom stereocenters. The Hall–Kier alpha value is -0.510. The molecular weight excluding hydrogens is 228 g/mol. The Balaban J connectivity index is 2.87. The standard InChI is InChI=1S/C14H24N2S/c1-5-17-13-8-6-12(7-9-13)14(16(3)4)11(2)10-15/h6-9,11,14H,5,10,15H2,1-4H3. The van der Waals surface area contributed by atoms with Gasteiger partial charge in [-0.05, 0) is 50.0 Å². The van der Waals surface area contributed by atoms with Gasteiger partial charge in [-0.15, -0.1) is 11.8 Å². The summed E-state index contributed by atoms with van der Waals surface area (Å²) in [6.07, 6.45) is 0. The molecule has 17 heavy (non-hydrogen) atoms. The monoisotopic (exact) mass is 252 g/mol. The van der Waals surface area contributed by atoms with Gasteiger partial charge in [0.2, 0.25) is 0 Å². The minimum atomic E-state index is 0.403. The fraction of sp³-hybridized carbons (Fsp3) is 0.571. The van der Waals surface area contributed by atoms with Crippen LogP contribution in [0.5, 0.6) is 0 Å². The highest BCUT2D eigenvalue weighted by atomic mass is 32.2. The number of thioether (sulfide) groups is 1. The van der Waals surface area contributed by atoms with E-state index in [4.69, 9.17) is 5.73 Å². The maximum atomic E-state index is 5.79. The summed E-state index contributed by atoms with van der Waals surface area (Å²) in [5.41, 5.74) is 7.15. The Labute approximate surface area is 110 Å². The van der Waals surface area contributed by atoms with E-state index in [0.29, 0.717) is 18.5 Å². The molecule has 0 aliphatic carbocycles. The fourth-order valence-corrected chi connectivity index (χ4v) is 2.85. The van der Waals surface area contributed by atoms with Crippen LogP contribution in [-0.2, 0) is 0 Å². The summed E-state index contributed by atoms with van der Waals surface area (Å²) in [6.45, 7) is 5.10. The molecule has 0 aliphatic heterocycles. The van der Waals surface area contributed by atoms with Crippen molar-refractivity contribution in [3.05, 3.63) is 29.8 Å². The Kier molecular flexibility index (Phi) is 6.03. The molecule has 96 valence electrons. The first-order valence-electron chi connectivity index (χ1n) is 6.19. The number of nitrogens with two attached hydrogens (primary N) is 1. The van der Waals surface area contributed by atoms with Gasteiger partial charge in [0.05, 0.1) is 0 Å². The lowest BCUT2D eigenvalue weighted by molar-refractivity contribution is 0.227. The third-order valence-corrected chi connectivity index (χ3v) is 3.89. The van der Waals surface area contributed by atoms with Crippen LogP contribution in [0.4, 0.5) is 0 Å². The van der Waals surface area contributed by atoms with Crippen molar-refractivity contribution in [3.8, 4) is 0 Å². The van der Waals surface area contributed by atoms with Crippen LogP contribution in [0.2, 0.25) is 0 Å². The van der Waals surface area contributed by atoms with Crippen LogP contribution in [0.25, 0.3) is 0 Å². The average Bonchev–Trinajstić information content (AvgIpc) is 2.31. The maximum absolute atomic E-state index is 5.79. The fourth-order valence-electron chi connectivity index (χ4n) is 2.19. The van der Waals surface area contributed by atoms with E-state index in [9.17, 15) is 0 Å². The lowest BCUT2D eigenvalue weighted by Gasteiger charge is -2.30. The molecule has 0 saturated carbocycles. The molecule has 0 bridgehead atoms. The lowest BCUT2D eigenvalue weighted by atomic mass is 9.94. The Bertz CT molecular complexity index is 321. The van der Waals surface area contributed by atoms with Crippen LogP contribution in [0.1, 0.15) is 25.5 Å². The van der Waals surface area contributed by atoms with Crippen LogP contribution in [-0.4, -0.2) is 31.3 Å². The van der Waals surface area contributed by atoms with Crippen molar-refractivity contribution in [2.45, 2.75) is 24.8 Å². The molecule has 2 nitrogen and oxygen atoms in total. The van der Waals surface area contributed by atoms with Gasteiger partial charge in [0.1, 0.15) is 0 Å². The largest absolute Gasteiger partial charge is 0.330 e. The van der Waals surface area contributed by atoms with Gasteiger partial charge in [0.25, 0.3) is 0 Å². The summed E-state index contributed by atoms with van der Waals surface area (Å²) in [5, 5.41) is 0. The second kappa shape index (κ2) is 7.04. The van der Waals surface area contributed by atoms with Crippen LogP contribution < -0.4 is 5.73 Å². The molecule has 2 N–H and O–H groups in total. The minimum Gasteiger partial charge on any atom is -0.330 e. The van der Waals surface area contributed by atoms with Crippen molar-refractivity contribution in [3.63, 3.8) is 0 Å². The highest BCUT2D eigenvalue weighted by Gasteiger charge is 2.20. The van der Waals surface area contributed by atoms with Crippen molar-refractivity contribution in [1.29, 1.82) is 0 Å². The predicted octanol–water partition coefficient (Wildman–Crippen LogP) is 3.00. The van der Waals surface area contributed by atoms with Gasteiger partial charge < -0.3 is 10.6 Å². The molecule has 3 heteroatoms. The molecule has 1 aromatic carbocycles. The van der Waals surface area contributed by atoms with Crippen LogP contribution in [0, 0.1) is 5.92 Å². The van der Waals surface area contributed by atoms with E-state index in [1.165, 1.54) is 10.5 Å². The first-order chi connectivity index (χ1) is 8.10. The van der Waals surface area contributed by atoms with Gasteiger partial charge in [-0.2, -0.15) is 0 Å². The zero-order valence-electron chi connectivity index (χ0n) is 11.3. The zero-order chi connectivity index (χ0) is 12.8. The van der Waals surface area contributed by atoms with E-state index in [-0.39, 0.29) is 0 Å². The van der Waals surface area contributed by atoms with Gasteiger partial charge in [-0.3, -0.25) is 0 Å². The number of hydrogen-bond donors (Lipinski definition) is 1. The van der Waals surface area contributed by atoms with Crippen LogP contribution in [0.3, 0.4) is 0 Å². The summed E-state index contributed by atoms with van der Waals surface area (Å²) in [6, 6.07) is 9.29. The molecule has 0 fully saturated rings. The van der Waals surface area contributed by atoms with Gasteiger partial charge in [0, 0.05) is 10.9 Å². The first kappa shape index (κ1) is 14.6. The predicted molar refractivity (Wildman–Crippen MR) is 77.5 cm³/mol. The quantitative estimate of drug-likeness (QED) is 0.789. The Morgan fingerprint density at radius 2 is 1.82 bits per heavy atom. The maximum Gasteiger partial charge on any atom is 0.0379 e. The van der Waals surface area contributed by atoms with Crippen molar-refractivity contribution in [1.82, 2.24) is 4.90 Å². The zero-order valence-corrected chi connectivity index (χ0v) is 12.1. The van der Waals surface area contributed by atoms with Gasteiger partial charge in [-0.1, -0.05) is 26.0 Å². The Morgan fingerprint density at radius 3 is 2.24 bits per heavy atom. The van der Waals surface area contributed by atoms with Crippen molar-refractivity contribution < 1.29 is 0 Å². The molecule has 2 unspecified atom stereocenters. The van der Waals surface area contributed by atoms with Crippen LogP contribution >= 0.6 is 11.8 Å². The summed E-state index contributed by atoms with van der Waals surface area (Å²) >= 11 is 1.88.